The summed E-state index contributed by atoms with van der Waals surface area (Å²) >= 11 is 1.55. The third kappa shape index (κ3) is 2.13. The molecule has 0 aliphatic heterocycles. The molecule has 4 heteroatoms. The normalized spacial score (nSPS) is 12.8. The van der Waals surface area contributed by atoms with Gasteiger partial charge in [0.05, 0.1) is 6.04 Å². The van der Waals surface area contributed by atoms with Gasteiger partial charge in [-0.2, -0.15) is 0 Å². The van der Waals surface area contributed by atoms with Gasteiger partial charge in [-0.3, -0.25) is 0 Å². The molecule has 0 aliphatic carbocycles. The quantitative estimate of drug-likeness (QED) is 0.744. The van der Waals surface area contributed by atoms with E-state index in [0.29, 0.717) is 0 Å². The van der Waals surface area contributed by atoms with Gasteiger partial charge < -0.3 is 5.73 Å². The fraction of sp³-hybridized carbons (Fsp3) is 0.0667. The molecule has 3 rings (SSSR count). The van der Waals surface area contributed by atoms with E-state index in [1.54, 1.807) is 11.3 Å². The van der Waals surface area contributed by atoms with Crippen LogP contribution in [0, 0.1) is 11.6 Å². The number of rotatable bonds is 2. The van der Waals surface area contributed by atoms with Gasteiger partial charge in [0.15, 0.2) is 0 Å². The van der Waals surface area contributed by atoms with E-state index in [1.807, 2.05) is 29.6 Å². The number of hydrogen-bond donors (Lipinski definition) is 1. The zero-order chi connectivity index (χ0) is 13.4. The van der Waals surface area contributed by atoms with Gasteiger partial charge in [-0.05, 0) is 40.6 Å². The van der Waals surface area contributed by atoms with Crippen LogP contribution in [0.2, 0.25) is 0 Å². The van der Waals surface area contributed by atoms with Crippen LogP contribution in [0.4, 0.5) is 8.78 Å². The summed E-state index contributed by atoms with van der Waals surface area (Å²) < 4.78 is 28.1. The van der Waals surface area contributed by atoms with E-state index in [4.69, 9.17) is 5.73 Å². The average molecular weight is 275 g/mol. The van der Waals surface area contributed by atoms with Gasteiger partial charge in [0.1, 0.15) is 11.6 Å². The molecule has 1 unspecified atom stereocenters. The number of thiophene rings is 1. The highest BCUT2D eigenvalue weighted by Gasteiger charge is 2.17. The number of hydrogen-bond acceptors (Lipinski definition) is 2. The van der Waals surface area contributed by atoms with Gasteiger partial charge in [0, 0.05) is 10.3 Å². The summed E-state index contributed by atoms with van der Waals surface area (Å²) in [6.45, 7) is 0. The summed E-state index contributed by atoms with van der Waals surface area (Å²) in [7, 11) is 0. The minimum atomic E-state index is -0.668. The van der Waals surface area contributed by atoms with Gasteiger partial charge in [0.2, 0.25) is 0 Å². The van der Waals surface area contributed by atoms with Crippen LogP contribution in [0.5, 0.6) is 0 Å². The van der Waals surface area contributed by atoms with E-state index >= 15 is 0 Å². The van der Waals surface area contributed by atoms with Crippen LogP contribution in [-0.4, -0.2) is 0 Å². The van der Waals surface area contributed by atoms with E-state index < -0.39 is 17.7 Å². The summed E-state index contributed by atoms with van der Waals surface area (Å²) in [5, 5.41) is 3.03. The maximum Gasteiger partial charge on any atom is 0.128 e. The van der Waals surface area contributed by atoms with E-state index in [0.717, 1.165) is 33.8 Å². The molecule has 0 fully saturated rings. The zero-order valence-corrected chi connectivity index (χ0v) is 10.8. The summed E-state index contributed by atoms with van der Waals surface area (Å²) in [4.78, 5) is 0. The molecule has 3 aromatic rings. The Morgan fingerprint density at radius 1 is 1.00 bits per heavy atom. The maximum absolute atomic E-state index is 13.8. The smallest absolute Gasteiger partial charge is 0.128 e. The molecule has 1 aromatic heterocycles. The lowest BCUT2D eigenvalue weighted by molar-refractivity contribution is 0.577. The minimum absolute atomic E-state index is 0.181. The number of benzene rings is 2. The lowest BCUT2D eigenvalue weighted by Gasteiger charge is -2.14. The highest BCUT2D eigenvalue weighted by Crippen LogP contribution is 2.32. The number of halogens is 2. The first-order valence-electron chi connectivity index (χ1n) is 5.83. The molecular formula is C15H11F2NS. The predicted octanol–water partition coefficient (Wildman–Crippen LogP) is 4.23. The molecule has 0 spiro atoms. The first-order valence-corrected chi connectivity index (χ1v) is 6.71. The van der Waals surface area contributed by atoms with Crippen molar-refractivity contribution in [3.8, 4) is 0 Å². The highest BCUT2D eigenvalue weighted by molar-refractivity contribution is 7.17. The van der Waals surface area contributed by atoms with Gasteiger partial charge in [0.25, 0.3) is 0 Å². The molecule has 0 bridgehead atoms. The second-order valence-electron chi connectivity index (χ2n) is 4.33. The highest BCUT2D eigenvalue weighted by atomic mass is 32.1. The topological polar surface area (TPSA) is 26.0 Å². The van der Waals surface area contributed by atoms with Crippen molar-refractivity contribution in [1.29, 1.82) is 0 Å². The van der Waals surface area contributed by atoms with Gasteiger partial charge >= 0.3 is 0 Å². The van der Waals surface area contributed by atoms with E-state index in [-0.39, 0.29) is 5.56 Å². The van der Waals surface area contributed by atoms with Crippen molar-refractivity contribution in [2.45, 2.75) is 6.04 Å². The van der Waals surface area contributed by atoms with Gasteiger partial charge in [-0.1, -0.05) is 18.2 Å². The third-order valence-electron chi connectivity index (χ3n) is 3.14. The van der Waals surface area contributed by atoms with Crippen LogP contribution in [0.15, 0.2) is 47.8 Å². The Labute approximate surface area is 113 Å². The van der Waals surface area contributed by atoms with Crippen molar-refractivity contribution in [2.75, 3.05) is 0 Å². The maximum atomic E-state index is 13.8. The van der Waals surface area contributed by atoms with Crippen molar-refractivity contribution in [1.82, 2.24) is 0 Å². The summed E-state index contributed by atoms with van der Waals surface area (Å²) in [6, 6.07) is 10.4. The van der Waals surface area contributed by atoms with Crippen molar-refractivity contribution < 1.29 is 8.78 Å². The van der Waals surface area contributed by atoms with Crippen molar-refractivity contribution in [3.05, 3.63) is 70.6 Å². The van der Waals surface area contributed by atoms with Crippen molar-refractivity contribution in [3.63, 3.8) is 0 Å². The van der Waals surface area contributed by atoms with Crippen molar-refractivity contribution >= 4 is 21.4 Å². The zero-order valence-electron chi connectivity index (χ0n) is 9.94. The summed E-state index contributed by atoms with van der Waals surface area (Å²) in [5.41, 5.74) is 7.11. The van der Waals surface area contributed by atoms with Crippen LogP contribution in [0.3, 0.4) is 0 Å². The predicted molar refractivity (Wildman–Crippen MR) is 74.2 cm³/mol. The molecule has 1 nitrogen and oxygen atoms in total. The Bertz CT molecular complexity index is 736. The molecule has 0 saturated heterocycles. The first kappa shape index (κ1) is 12.3. The van der Waals surface area contributed by atoms with Crippen molar-refractivity contribution in [2.24, 2.45) is 5.73 Å². The summed E-state index contributed by atoms with van der Waals surface area (Å²) in [5.74, 6) is -0.965. The van der Waals surface area contributed by atoms with Crippen LogP contribution in [0.1, 0.15) is 17.2 Å². The Morgan fingerprint density at radius 3 is 2.68 bits per heavy atom. The molecule has 0 aliphatic rings. The van der Waals surface area contributed by atoms with Gasteiger partial charge in [-0.15, -0.1) is 11.3 Å². The second kappa shape index (κ2) is 4.72. The third-order valence-corrected chi connectivity index (χ3v) is 4.12. The fourth-order valence-corrected chi connectivity index (χ4v) is 3.14. The molecule has 0 amide bonds. The van der Waals surface area contributed by atoms with Crippen LogP contribution in [0.25, 0.3) is 10.1 Å². The van der Waals surface area contributed by atoms with E-state index in [1.165, 1.54) is 0 Å². The molecule has 2 aromatic carbocycles. The largest absolute Gasteiger partial charge is 0.320 e. The fourth-order valence-electron chi connectivity index (χ4n) is 2.18. The lowest BCUT2D eigenvalue weighted by atomic mass is 9.98. The molecule has 0 radical (unpaired) electrons. The lowest BCUT2D eigenvalue weighted by Crippen LogP contribution is -2.14. The van der Waals surface area contributed by atoms with Crippen LogP contribution >= 0.6 is 11.3 Å². The van der Waals surface area contributed by atoms with E-state index in [2.05, 4.69) is 0 Å². The molecule has 2 N–H and O–H groups in total. The Morgan fingerprint density at radius 2 is 1.84 bits per heavy atom. The monoisotopic (exact) mass is 275 g/mol. The average Bonchev–Trinajstić information content (AvgIpc) is 2.89. The Kier molecular flexibility index (Phi) is 3.05. The van der Waals surface area contributed by atoms with Gasteiger partial charge in [-0.25, -0.2) is 8.78 Å². The SMILES string of the molecule is NC(c1cc(F)ccc1F)c1cccc2ccsc12. The van der Waals surface area contributed by atoms with Crippen LogP contribution < -0.4 is 5.73 Å². The number of fused-ring (bicyclic) bond motifs is 1. The minimum Gasteiger partial charge on any atom is -0.320 e. The first-order chi connectivity index (χ1) is 9.16. The molecule has 1 atom stereocenters. The molecular weight excluding hydrogens is 264 g/mol. The Balaban J connectivity index is 2.15. The van der Waals surface area contributed by atoms with E-state index in [9.17, 15) is 8.78 Å². The standard InChI is InChI=1S/C15H11F2NS/c16-10-4-5-13(17)12(8-10)14(18)11-3-1-2-9-6-7-19-15(9)11/h1-8,14H,18H2. The number of nitrogens with two attached hydrogens (primary N) is 1. The Hall–Kier alpha value is -1.78. The molecule has 1 heterocycles. The summed E-state index contributed by atoms with van der Waals surface area (Å²) in [6.07, 6.45) is 0. The second-order valence-corrected chi connectivity index (χ2v) is 5.25. The molecule has 0 saturated carbocycles. The molecule has 19 heavy (non-hydrogen) atoms. The van der Waals surface area contributed by atoms with Crippen LogP contribution in [-0.2, 0) is 0 Å². The molecule has 96 valence electrons.